The molecule has 0 aliphatic heterocycles. The quantitative estimate of drug-likeness (QED) is 0.516. The number of carbonyl (C=O) groups excluding carboxylic acids is 1. The summed E-state index contributed by atoms with van der Waals surface area (Å²) in [4.78, 5) is 12.3. The summed E-state index contributed by atoms with van der Waals surface area (Å²) >= 11 is 1.07. The molecule has 3 rings (SSSR count). The number of hydrogen-bond acceptors (Lipinski definition) is 5. The van der Waals surface area contributed by atoms with Crippen LogP contribution in [0.3, 0.4) is 0 Å². The second-order valence-corrected chi connectivity index (χ2v) is 7.17. The first-order chi connectivity index (χ1) is 12.9. The fourth-order valence-corrected chi connectivity index (χ4v) is 3.17. The molecule has 1 atom stereocenters. The van der Waals surface area contributed by atoms with E-state index < -0.39 is 22.8 Å². The van der Waals surface area contributed by atoms with E-state index in [2.05, 4.69) is 15.5 Å². The molecule has 2 aromatic carbocycles. The second kappa shape index (κ2) is 7.75. The van der Waals surface area contributed by atoms with Crippen molar-refractivity contribution < 1.29 is 13.6 Å². The third kappa shape index (κ3) is 4.08. The first-order valence-corrected chi connectivity index (χ1v) is 8.94. The summed E-state index contributed by atoms with van der Waals surface area (Å²) in [6.45, 7) is 3.54. The van der Waals surface area contributed by atoms with Crippen molar-refractivity contribution in [3.8, 4) is 11.4 Å². The smallest absolute Gasteiger partial charge is 0.237 e. The molecule has 0 aliphatic carbocycles. The molecule has 1 amide bonds. The van der Waals surface area contributed by atoms with Crippen LogP contribution in [0.5, 0.6) is 0 Å². The van der Waals surface area contributed by atoms with Gasteiger partial charge in [-0.15, -0.1) is 10.2 Å². The summed E-state index contributed by atoms with van der Waals surface area (Å²) in [5, 5.41) is 10.2. The van der Waals surface area contributed by atoms with E-state index >= 15 is 0 Å². The Hall–Kier alpha value is -2.94. The van der Waals surface area contributed by atoms with Gasteiger partial charge < -0.3 is 11.2 Å². The molecule has 27 heavy (non-hydrogen) atoms. The molecule has 0 bridgehead atoms. The zero-order valence-corrected chi connectivity index (χ0v) is 15.4. The fourth-order valence-electron chi connectivity index (χ4n) is 2.40. The van der Waals surface area contributed by atoms with Crippen molar-refractivity contribution in [2.24, 2.45) is 0 Å². The van der Waals surface area contributed by atoms with E-state index in [0.29, 0.717) is 11.0 Å². The molecular formula is C18H17F2N5OS. The van der Waals surface area contributed by atoms with Crippen molar-refractivity contribution in [2.45, 2.75) is 24.3 Å². The van der Waals surface area contributed by atoms with Crippen LogP contribution in [-0.2, 0) is 4.79 Å². The van der Waals surface area contributed by atoms with Gasteiger partial charge in [-0.05, 0) is 31.5 Å². The largest absolute Gasteiger partial charge is 0.335 e. The Kier molecular flexibility index (Phi) is 5.41. The molecule has 0 fully saturated rings. The summed E-state index contributed by atoms with van der Waals surface area (Å²) in [5.74, 6) is 4.68. The molecule has 140 valence electrons. The van der Waals surface area contributed by atoms with Gasteiger partial charge in [0.2, 0.25) is 11.1 Å². The van der Waals surface area contributed by atoms with Gasteiger partial charge in [0, 0.05) is 11.6 Å². The normalized spacial score (nSPS) is 12.0. The van der Waals surface area contributed by atoms with Crippen LogP contribution < -0.4 is 11.2 Å². The van der Waals surface area contributed by atoms with Gasteiger partial charge in [-0.3, -0.25) is 4.79 Å². The highest BCUT2D eigenvalue weighted by molar-refractivity contribution is 8.00. The van der Waals surface area contributed by atoms with E-state index in [0.717, 1.165) is 41.1 Å². The van der Waals surface area contributed by atoms with Crippen LogP contribution in [0.4, 0.5) is 14.5 Å². The number of rotatable bonds is 5. The third-order valence-electron chi connectivity index (χ3n) is 3.89. The lowest BCUT2D eigenvalue weighted by Gasteiger charge is -2.12. The topological polar surface area (TPSA) is 85.8 Å². The molecule has 6 nitrogen and oxygen atoms in total. The van der Waals surface area contributed by atoms with E-state index in [-0.39, 0.29) is 5.69 Å². The highest BCUT2D eigenvalue weighted by Crippen LogP contribution is 2.27. The average Bonchev–Trinajstić information content (AvgIpc) is 2.99. The van der Waals surface area contributed by atoms with E-state index in [1.165, 1.54) is 4.68 Å². The minimum atomic E-state index is -0.717. The molecule has 0 saturated heterocycles. The number of anilines is 1. The summed E-state index contributed by atoms with van der Waals surface area (Å²) in [6.07, 6.45) is 0. The number of halogens is 2. The minimum Gasteiger partial charge on any atom is -0.335 e. The number of amides is 1. The fraction of sp³-hybridized carbons (Fsp3) is 0.167. The Balaban J connectivity index is 1.75. The van der Waals surface area contributed by atoms with Crippen LogP contribution >= 0.6 is 11.8 Å². The maximum atomic E-state index is 13.7. The molecule has 3 aromatic rings. The lowest BCUT2D eigenvalue weighted by molar-refractivity contribution is -0.115. The van der Waals surface area contributed by atoms with Crippen LogP contribution in [0.15, 0.2) is 47.6 Å². The van der Waals surface area contributed by atoms with Crippen LogP contribution in [-0.4, -0.2) is 26.0 Å². The number of thioether (sulfide) groups is 1. The zero-order chi connectivity index (χ0) is 19.6. The number of aromatic nitrogens is 3. The Morgan fingerprint density at radius 1 is 1.22 bits per heavy atom. The van der Waals surface area contributed by atoms with Gasteiger partial charge in [0.1, 0.15) is 11.6 Å². The third-order valence-corrected chi connectivity index (χ3v) is 4.94. The molecule has 0 spiro atoms. The van der Waals surface area contributed by atoms with Gasteiger partial charge in [-0.25, -0.2) is 13.5 Å². The van der Waals surface area contributed by atoms with Crippen molar-refractivity contribution in [3.63, 3.8) is 0 Å². The number of nitrogens with zero attached hydrogens (tertiary/aromatic N) is 3. The molecular weight excluding hydrogens is 372 g/mol. The molecule has 0 saturated carbocycles. The molecule has 1 aromatic heterocycles. The number of nitrogens with one attached hydrogen (secondary N) is 1. The van der Waals surface area contributed by atoms with Gasteiger partial charge >= 0.3 is 0 Å². The molecule has 9 heteroatoms. The Labute approximate surface area is 158 Å². The number of benzene rings is 2. The number of nitrogens with two attached hydrogens (primary N) is 1. The molecule has 3 N–H and O–H groups in total. The number of nitrogen functional groups attached to an aromatic ring is 1. The van der Waals surface area contributed by atoms with Gasteiger partial charge in [0.15, 0.2) is 5.82 Å². The van der Waals surface area contributed by atoms with Gasteiger partial charge in [-0.1, -0.05) is 36.0 Å². The number of hydrogen-bond donors (Lipinski definition) is 2. The van der Waals surface area contributed by atoms with Crippen molar-refractivity contribution in [2.75, 3.05) is 11.2 Å². The summed E-state index contributed by atoms with van der Waals surface area (Å²) in [5.41, 5.74) is 1.60. The molecule has 1 heterocycles. The summed E-state index contributed by atoms with van der Waals surface area (Å²) in [6, 6.07) is 10.4. The monoisotopic (exact) mass is 389 g/mol. The maximum Gasteiger partial charge on any atom is 0.237 e. The van der Waals surface area contributed by atoms with Gasteiger partial charge in [0.25, 0.3) is 0 Å². The average molecular weight is 389 g/mol. The zero-order valence-electron chi connectivity index (χ0n) is 14.6. The molecule has 0 unspecified atom stereocenters. The Morgan fingerprint density at radius 2 is 1.96 bits per heavy atom. The maximum absolute atomic E-state index is 13.7. The highest BCUT2D eigenvalue weighted by Gasteiger charge is 2.21. The predicted octanol–water partition coefficient (Wildman–Crippen LogP) is 3.36. The van der Waals surface area contributed by atoms with E-state index in [1.807, 2.05) is 31.2 Å². The summed E-state index contributed by atoms with van der Waals surface area (Å²) < 4.78 is 28.2. The van der Waals surface area contributed by atoms with Crippen LogP contribution in [0.25, 0.3) is 11.4 Å². The summed E-state index contributed by atoms with van der Waals surface area (Å²) in [7, 11) is 0. The van der Waals surface area contributed by atoms with Crippen molar-refractivity contribution in [1.82, 2.24) is 14.9 Å². The second-order valence-electron chi connectivity index (χ2n) is 5.86. The SMILES string of the molecule is Cc1ccccc1-c1nnc(S[C@@H](C)C(=O)Nc2cc(F)ccc2F)n1N. The van der Waals surface area contributed by atoms with Gasteiger partial charge in [0.05, 0.1) is 10.9 Å². The van der Waals surface area contributed by atoms with Crippen LogP contribution in [0, 0.1) is 18.6 Å². The van der Waals surface area contributed by atoms with Crippen molar-refractivity contribution in [1.29, 1.82) is 0 Å². The highest BCUT2D eigenvalue weighted by atomic mass is 32.2. The van der Waals surface area contributed by atoms with Crippen molar-refractivity contribution in [3.05, 3.63) is 59.7 Å². The molecule has 0 radical (unpaired) electrons. The van der Waals surface area contributed by atoms with Crippen LogP contribution in [0.2, 0.25) is 0 Å². The van der Waals surface area contributed by atoms with E-state index in [4.69, 9.17) is 5.84 Å². The lowest BCUT2D eigenvalue weighted by Crippen LogP contribution is -2.24. The van der Waals surface area contributed by atoms with E-state index in [1.54, 1.807) is 6.92 Å². The Morgan fingerprint density at radius 3 is 2.70 bits per heavy atom. The first-order valence-electron chi connectivity index (χ1n) is 8.06. The van der Waals surface area contributed by atoms with E-state index in [9.17, 15) is 13.6 Å². The van der Waals surface area contributed by atoms with Gasteiger partial charge in [-0.2, -0.15) is 0 Å². The lowest BCUT2D eigenvalue weighted by atomic mass is 10.1. The standard InChI is InChI=1S/C18H17F2N5OS/c1-10-5-3-4-6-13(10)16-23-24-18(25(16)21)27-11(2)17(26)22-15-9-12(19)7-8-14(15)20/h3-9,11H,21H2,1-2H3,(H,22,26)/t11-/m0/s1. The Bertz CT molecular complexity index is 992. The number of carbonyl (C=O) groups is 1. The predicted molar refractivity (Wildman–Crippen MR) is 101 cm³/mol. The first kappa shape index (κ1) is 18.8. The molecule has 0 aliphatic rings. The van der Waals surface area contributed by atoms with Crippen molar-refractivity contribution >= 4 is 23.4 Å². The minimum absolute atomic E-state index is 0.220. The van der Waals surface area contributed by atoms with Crippen LogP contribution in [0.1, 0.15) is 12.5 Å². The number of aryl methyl sites for hydroxylation is 1.